The van der Waals surface area contributed by atoms with Crippen molar-refractivity contribution in [3.05, 3.63) is 76.8 Å². The summed E-state index contributed by atoms with van der Waals surface area (Å²) in [4.78, 5) is 40.1. The lowest BCUT2D eigenvalue weighted by molar-refractivity contribution is -0.135. The fourth-order valence-corrected chi connectivity index (χ4v) is 4.32. The predicted octanol–water partition coefficient (Wildman–Crippen LogP) is 3.44. The van der Waals surface area contributed by atoms with Crippen LogP contribution >= 0.6 is 24.0 Å². The van der Waals surface area contributed by atoms with Gasteiger partial charge in [-0.05, 0) is 42.8 Å². The van der Waals surface area contributed by atoms with Crippen LogP contribution < -0.4 is 5.01 Å². The number of nitrogens with zero attached hydrogens (tertiary/aromatic N) is 3. The molecule has 1 N–H and O–H groups in total. The third kappa shape index (κ3) is 4.57. The minimum Gasteiger partial charge on any atom is -0.508 e. The number of hydrogen-bond acceptors (Lipinski definition) is 8. The molecule has 33 heavy (non-hydrogen) atoms. The second kappa shape index (κ2) is 9.39. The first-order valence-electron chi connectivity index (χ1n) is 9.82. The summed E-state index contributed by atoms with van der Waals surface area (Å²) in [6.07, 6.45) is 2.81. The van der Waals surface area contributed by atoms with Gasteiger partial charge in [-0.2, -0.15) is 10.1 Å². The molecule has 166 valence electrons. The number of thioether (sulfide) groups is 1. The lowest BCUT2D eigenvalue weighted by Crippen LogP contribution is -2.28. The Morgan fingerprint density at radius 1 is 1.15 bits per heavy atom. The molecule has 10 heteroatoms. The standard InChI is InChI=1S/C23H17N3O5S2/c1-2-31-22(30)19-17(20(28)26(24-19)15-8-4-3-5-9-15)13-25-21(29)18(33-23(25)32)12-14-7-6-10-16(27)11-14/h3-13,27H,2H2,1H3/b17-13+,18-12-. The summed E-state index contributed by atoms with van der Waals surface area (Å²) in [5, 5.41) is 14.9. The molecule has 0 bridgehead atoms. The smallest absolute Gasteiger partial charge is 0.359 e. The second-order valence-corrected chi connectivity index (χ2v) is 8.49. The van der Waals surface area contributed by atoms with Gasteiger partial charge in [0.15, 0.2) is 10.0 Å². The Morgan fingerprint density at radius 3 is 2.61 bits per heavy atom. The fraction of sp³-hybridized carbons (Fsp3) is 0.0870. The van der Waals surface area contributed by atoms with Crippen LogP contribution in [0.15, 0.2) is 76.4 Å². The Morgan fingerprint density at radius 2 is 1.91 bits per heavy atom. The number of thiocarbonyl (C=S) groups is 1. The van der Waals surface area contributed by atoms with Crippen molar-refractivity contribution in [3.8, 4) is 5.75 Å². The number of aromatic hydroxyl groups is 1. The van der Waals surface area contributed by atoms with Gasteiger partial charge in [0.05, 0.1) is 22.8 Å². The number of para-hydroxylation sites is 1. The predicted molar refractivity (Wildman–Crippen MR) is 129 cm³/mol. The van der Waals surface area contributed by atoms with E-state index < -0.39 is 17.8 Å². The minimum absolute atomic E-state index is 0.0641. The first-order chi connectivity index (χ1) is 15.9. The van der Waals surface area contributed by atoms with Crippen LogP contribution in [0, 0.1) is 0 Å². The van der Waals surface area contributed by atoms with E-state index in [1.807, 2.05) is 0 Å². The molecule has 2 amide bonds. The summed E-state index contributed by atoms with van der Waals surface area (Å²) in [6.45, 7) is 1.74. The van der Waals surface area contributed by atoms with Crippen molar-refractivity contribution >= 4 is 63.6 Å². The van der Waals surface area contributed by atoms with Gasteiger partial charge in [0, 0.05) is 6.20 Å². The van der Waals surface area contributed by atoms with E-state index in [2.05, 4.69) is 5.10 Å². The molecule has 2 aromatic rings. The lowest BCUT2D eigenvalue weighted by Gasteiger charge is -2.12. The Balaban J connectivity index is 1.69. The molecule has 0 spiro atoms. The van der Waals surface area contributed by atoms with E-state index in [0.717, 1.165) is 21.7 Å². The van der Waals surface area contributed by atoms with Gasteiger partial charge in [0.25, 0.3) is 11.8 Å². The van der Waals surface area contributed by atoms with E-state index in [-0.39, 0.29) is 28.0 Å². The van der Waals surface area contributed by atoms with Crippen LogP contribution in [-0.4, -0.2) is 44.4 Å². The first kappa shape index (κ1) is 22.4. The molecule has 8 nitrogen and oxygen atoms in total. The Kier molecular flexibility index (Phi) is 6.38. The number of rotatable bonds is 5. The zero-order valence-corrected chi connectivity index (χ0v) is 18.9. The number of ether oxygens (including phenoxy) is 1. The van der Waals surface area contributed by atoms with Gasteiger partial charge in [-0.25, -0.2) is 4.79 Å². The average molecular weight is 480 g/mol. The van der Waals surface area contributed by atoms with E-state index in [1.165, 1.54) is 18.3 Å². The highest BCUT2D eigenvalue weighted by molar-refractivity contribution is 8.26. The van der Waals surface area contributed by atoms with Crippen LogP contribution in [0.25, 0.3) is 6.08 Å². The number of carbonyl (C=O) groups excluding carboxylic acids is 3. The highest BCUT2D eigenvalue weighted by atomic mass is 32.2. The average Bonchev–Trinajstić information content (AvgIpc) is 3.26. The molecule has 0 unspecified atom stereocenters. The molecule has 1 saturated heterocycles. The SMILES string of the molecule is CCOC(=O)C1=NN(c2ccccc2)C(=O)/C1=C/N1C(=O)/C(=C/c2cccc(O)c2)SC1=S. The monoisotopic (exact) mass is 479 g/mol. The number of anilines is 1. The summed E-state index contributed by atoms with van der Waals surface area (Å²) in [5.74, 6) is -1.77. The normalized spacial score (nSPS) is 18.5. The molecular weight excluding hydrogens is 462 g/mol. The number of carbonyl (C=O) groups is 3. The van der Waals surface area contributed by atoms with Crippen LogP contribution in [0.4, 0.5) is 5.69 Å². The van der Waals surface area contributed by atoms with E-state index in [0.29, 0.717) is 16.2 Å². The number of hydrogen-bond donors (Lipinski definition) is 1. The van der Waals surface area contributed by atoms with E-state index >= 15 is 0 Å². The zero-order chi connectivity index (χ0) is 23.5. The molecule has 2 aliphatic rings. The van der Waals surface area contributed by atoms with Crippen LogP contribution in [0.5, 0.6) is 5.75 Å². The summed E-state index contributed by atoms with van der Waals surface area (Å²) in [5.41, 5.74) is 0.759. The van der Waals surface area contributed by atoms with Gasteiger partial charge in [-0.3, -0.25) is 14.5 Å². The minimum atomic E-state index is -0.781. The Bertz CT molecular complexity index is 1250. The maximum Gasteiger partial charge on any atom is 0.359 e. The second-order valence-electron chi connectivity index (χ2n) is 6.81. The zero-order valence-electron chi connectivity index (χ0n) is 17.3. The lowest BCUT2D eigenvalue weighted by atomic mass is 10.1. The summed E-state index contributed by atoms with van der Waals surface area (Å²) < 4.78 is 5.24. The molecule has 0 radical (unpaired) electrons. The molecule has 2 heterocycles. The van der Waals surface area contributed by atoms with Gasteiger partial charge in [-0.15, -0.1) is 0 Å². The molecule has 1 fully saturated rings. The molecule has 4 rings (SSSR count). The van der Waals surface area contributed by atoms with Crippen LogP contribution in [0.1, 0.15) is 12.5 Å². The maximum atomic E-state index is 13.1. The van der Waals surface area contributed by atoms with Crippen molar-refractivity contribution < 1.29 is 24.2 Å². The van der Waals surface area contributed by atoms with Crippen LogP contribution in [0.3, 0.4) is 0 Å². The van der Waals surface area contributed by atoms with E-state index in [9.17, 15) is 19.5 Å². The number of benzene rings is 2. The van der Waals surface area contributed by atoms with Crippen molar-refractivity contribution in [2.24, 2.45) is 5.10 Å². The van der Waals surface area contributed by atoms with E-state index in [4.69, 9.17) is 17.0 Å². The van der Waals surface area contributed by atoms with Gasteiger partial charge < -0.3 is 9.84 Å². The van der Waals surface area contributed by atoms with Crippen LogP contribution in [0.2, 0.25) is 0 Å². The van der Waals surface area contributed by atoms with Gasteiger partial charge >= 0.3 is 5.97 Å². The summed E-state index contributed by atoms with van der Waals surface area (Å²) >= 11 is 6.39. The third-order valence-electron chi connectivity index (χ3n) is 4.60. The fourth-order valence-electron chi connectivity index (χ4n) is 3.11. The summed E-state index contributed by atoms with van der Waals surface area (Å²) in [7, 11) is 0. The van der Waals surface area contributed by atoms with Gasteiger partial charge in [-0.1, -0.05) is 54.3 Å². The van der Waals surface area contributed by atoms with Crippen molar-refractivity contribution in [1.82, 2.24) is 4.90 Å². The van der Waals surface area contributed by atoms with Crippen molar-refractivity contribution in [1.29, 1.82) is 0 Å². The topological polar surface area (TPSA) is 99.5 Å². The Labute approximate surface area is 198 Å². The highest BCUT2D eigenvalue weighted by Crippen LogP contribution is 2.34. The third-order valence-corrected chi connectivity index (χ3v) is 5.93. The molecule has 0 aliphatic carbocycles. The number of amides is 2. The molecular formula is C23H17N3O5S2. The van der Waals surface area contributed by atoms with Crippen molar-refractivity contribution in [2.75, 3.05) is 11.6 Å². The van der Waals surface area contributed by atoms with Gasteiger partial charge in [0.1, 0.15) is 5.75 Å². The van der Waals surface area contributed by atoms with Crippen LogP contribution in [-0.2, 0) is 19.1 Å². The summed E-state index contributed by atoms with van der Waals surface area (Å²) in [6, 6.07) is 15.0. The van der Waals surface area contributed by atoms with Crippen molar-refractivity contribution in [3.63, 3.8) is 0 Å². The van der Waals surface area contributed by atoms with Gasteiger partial charge in [0.2, 0.25) is 0 Å². The maximum absolute atomic E-state index is 13.1. The highest BCUT2D eigenvalue weighted by Gasteiger charge is 2.39. The largest absolute Gasteiger partial charge is 0.508 e. The number of phenols is 1. The molecule has 0 aromatic heterocycles. The number of hydrazone groups is 1. The van der Waals surface area contributed by atoms with E-state index in [1.54, 1.807) is 55.5 Å². The van der Waals surface area contributed by atoms with Crippen molar-refractivity contribution in [2.45, 2.75) is 6.92 Å². The number of esters is 1. The quantitative estimate of drug-likeness (QED) is 0.398. The Hall–Kier alpha value is -3.76. The molecule has 0 saturated carbocycles. The molecule has 2 aliphatic heterocycles. The first-order valence-corrected chi connectivity index (χ1v) is 11.0. The number of phenolic OH excluding ortho intramolecular Hbond substituents is 1. The molecule has 2 aromatic carbocycles. The molecule has 0 atom stereocenters.